The van der Waals surface area contributed by atoms with Gasteiger partial charge in [0.15, 0.2) is 0 Å². The Labute approximate surface area is 110 Å². The van der Waals surface area contributed by atoms with Crippen LogP contribution in [0, 0.1) is 17.1 Å². The van der Waals surface area contributed by atoms with Crippen LogP contribution in [0.4, 0.5) is 4.39 Å². The highest BCUT2D eigenvalue weighted by molar-refractivity contribution is 5.38. The van der Waals surface area contributed by atoms with Gasteiger partial charge in [0.2, 0.25) is 0 Å². The third-order valence-electron chi connectivity index (χ3n) is 2.62. The maximum Gasteiger partial charge on any atom is 0.123 e. The molecule has 0 N–H and O–H groups in total. The molecule has 4 heteroatoms. The van der Waals surface area contributed by atoms with E-state index in [4.69, 9.17) is 14.7 Å². The van der Waals surface area contributed by atoms with Crippen molar-refractivity contribution in [1.82, 2.24) is 0 Å². The fourth-order valence-electron chi connectivity index (χ4n) is 1.64. The molecular weight excluding hydrogens is 245 g/mol. The third kappa shape index (κ3) is 3.23. The van der Waals surface area contributed by atoms with E-state index in [0.29, 0.717) is 22.6 Å². The number of ether oxygens (including phenoxy) is 2. The number of methoxy groups -OCH3 is 1. The molecule has 0 spiro atoms. The van der Waals surface area contributed by atoms with E-state index in [0.717, 1.165) is 0 Å². The van der Waals surface area contributed by atoms with Gasteiger partial charge in [-0.25, -0.2) is 4.39 Å². The van der Waals surface area contributed by atoms with Crippen LogP contribution in [-0.2, 0) is 6.61 Å². The van der Waals surface area contributed by atoms with E-state index in [1.807, 2.05) is 6.07 Å². The fraction of sp³-hybridized carbons (Fsp3) is 0.133. The summed E-state index contributed by atoms with van der Waals surface area (Å²) < 4.78 is 23.8. The smallest absolute Gasteiger partial charge is 0.123 e. The van der Waals surface area contributed by atoms with E-state index in [1.54, 1.807) is 31.4 Å². The molecule has 0 aromatic heterocycles. The maximum atomic E-state index is 13.1. The SMILES string of the molecule is COc1cccc(OCc2cc(F)ccc2C#N)c1. The molecule has 0 aliphatic carbocycles. The van der Waals surface area contributed by atoms with Crippen LogP contribution in [0.5, 0.6) is 11.5 Å². The van der Waals surface area contributed by atoms with Crippen molar-refractivity contribution in [2.75, 3.05) is 7.11 Å². The Morgan fingerprint density at radius 1 is 1.16 bits per heavy atom. The standard InChI is InChI=1S/C15H12FNO2/c1-18-14-3-2-4-15(8-14)19-10-12-7-13(16)6-5-11(12)9-17/h2-8H,10H2,1H3. The lowest BCUT2D eigenvalue weighted by atomic mass is 10.1. The summed E-state index contributed by atoms with van der Waals surface area (Å²) in [7, 11) is 1.57. The molecule has 0 aliphatic heterocycles. The maximum absolute atomic E-state index is 13.1. The van der Waals surface area contributed by atoms with Crippen LogP contribution in [0.25, 0.3) is 0 Å². The van der Waals surface area contributed by atoms with Gasteiger partial charge < -0.3 is 9.47 Å². The van der Waals surface area contributed by atoms with E-state index >= 15 is 0 Å². The molecule has 0 bridgehead atoms. The van der Waals surface area contributed by atoms with Gasteiger partial charge in [0, 0.05) is 11.6 Å². The second kappa shape index (κ2) is 5.87. The molecule has 0 saturated heterocycles. The van der Waals surface area contributed by atoms with Crippen LogP contribution in [0.15, 0.2) is 42.5 Å². The molecule has 19 heavy (non-hydrogen) atoms. The second-order valence-electron chi connectivity index (χ2n) is 3.88. The van der Waals surface area contributed by atoms with Crippen molar-refractivity contribution >= 4 is 0 Å². The van der Waals surface area contributed by atoms with Crippen molar-refractivity contribution in [3.63, 3.8) is 0 Å². The van der Waals surface area contributed by atoms with Crippen molar-refractivity contribution in [3.8, 4) is 17.6 Å². The van der Waals surface area contributed by atoms with Gasteiger partial charge in [-0.1, -0.05) is 6.07 Å². The Balaban J connectivity index is 2.14. The van der Waals surface area contributed by atoms with E-state index in [-0.39, 0.29) is 12.4 Å². The molecule has 2 aromatic rings. The number of hydrogen-bond acceptors (Lipinski definition) is 3. The summed E-state index contributed by atoms with van der Waals surface area (Å²) in [6.07, 6.45) is 0. The van der Waals surface area contributed by atoms with Gasteiger partial charge in [-0.05, 0) is 30.3 Å². The van der Waals surface area contributed by atoms with Crippen molar-refractivity contribution in [1.29, 1.82) is 5.26 Å². The summed E-state index contributed by atoms with van der Waals surface area (Å²) in [5.41, 5.74) is 0.926. The number of hydrogen-bond donors (Lipinski definition) is 0. The molecule has 0 saturated carbocycles. The first-order valence-corrected chi connectivity index (χ1v) is 5.68. The highest BCUT2D eigenvalue weighted by Crippen LogP contribution is 2.20. The van der Waals surface area contributed by atoms with Gasteiger partial charge in [-0.15, -0.1) is 0 Å². The summed E-state index contributed by atoms with van der Waals surface area (Å²) in [4.78, 5) is 0. The van der Waals surface area contributed by atoms with Crippen molar-refractivity contribution in [2.45, 2.75) is 6.61 Å². The van der Waals surface area contributed by atoms with Gasteiger partial charge in [-0.3, -0.25) is 0 Å². The Kier molecular flexibility index (Phi) is 3.99. The van der Waals surface area contributed by atoms with E-state index in [9.17, 15) is 4.39 Å². The van der Waals surface area contributed by atoms with Gasteiger partial charge in [0.1, 0.15) is 23.9 Å². The summed E-state index contributed by atoms with van der Waals surface area (Å²) >= 11 is 0. The minimum atomic E-state index is -0.386. The highest BCUT2D eigenvalue weighted by Gasteiger charge is 2.05. The topological polar surface area (TPSA) is 42.2 Å². The molecule has 96 valence electrons. The summed E-state index contributed by atoms with van der Waals surface area (Å²) in [5, 5.41) is 8.94. The molecule has 0 heterocycles. The third-order valence-corrected chi connectivity index (χ3v) is 2.62. The van der Waals surface area contributed by atoms with E-state index < -0.39 is 0 Å². The molecule has 0 unspecified atom stereocenters. The zero-order valence-electron chi connectivity index (χ0n) is 10.4. The molecule has 0 atom stereocenters. The predicted molar refractivity (Wildman–Crippen MR) is 68.4 cm³/mol. The fourth-order valence-corrected chi connectivity index (χ4v) is 1.64. The van der Waals surface area contributed by atoms with Crippen molar-refractivity contribution in [2.24, 2.45) is 0 Å². The van der Waals surface area contributed by atoms with Gasteiger partial charge in [-0.2, -0.15) is 5.26 Å². The quantitative estimate of drug-likeness (QED) is 0.844. The first-order valence-electron chi connectivity index (χ1n) is 5.68. The minimum absolute atomic E-state index is 0.133. The number of nitrogens with zero attached hydrogens (tertiary/aromatic N) is 1. The molecule has 0 fully saturated rings. The molecule has 2 aromatic carbocycles. The zero-order valence-corrected chi connectivity index (χ0v) is 10.4. The number of halogens is 1. The Morgan fingerprint density at radius 3 is 2.68 bits per heavy atom. The van der Waals surface area contributed by atoms with Crippen molar-refractivity contribution in [3.05, 3.63) is 59.4 Å². The number of nitriles is 1. The van der Waals surface area contributed by atoms with Gasteiger partial charge in [0.05, 0.1) is 18.7 Å². The largest absolute Gasteiger partial charge is 0.497 e. The van der Waals surface area contributed by atoms with Crippen LogP contribution in [0.2, 0.25) is 0 Å². The van der Waals surface area contributed by atoms with Gasteiger partial charge in [0.25, 0.3) is 0 Å². The normalized spacial score (nSPS) is 9.74. The molecule has 0 radical (unpaired) electrons. The molecular formula is C15H12FNO2. The number of rotatable bonds is 4. The Hall–Kier alpha value is -2.54. The first-order chi connectivity index (χ1) is 9.22. The van der Waals surface area contributed by atoms with Crippen LogP contribution in [0.1, 0.15) is 11.1 Å². The van der Waals surface area contributed by atoms with Crippen LogP contribution < -0.4 is 9.47 Å². The molecule has 0 aliphatic rings. The van der Waals surface area contributed by atoms with Gasteiger partial charge >= 0.3 is 0 Å². The average molecular weight is 257 g/mol. The minimum Gasteiger partial charge on any atom is -0.497 e. The molecule has 3 nitrogen and oxygen atoms in total. The van der Waals surface area contributed by atoms with Crippen LogP contribution in [0.3, 0.4) is 0 Å². The molecule has 2 rings (SSSR count). The molecule has 0 amide bonds. The number of benzene rings is 2. The Bertz CT molecular complexity index is 620. The predicted octanol–water partition coefficient (Wildman–Crippen LogP) is 3.28. The van der Waals surface area contributed by atoms with Crippen molar-refractivity contribution < 1.29 is 13.9 Å². The monoisotopic (exact) mass is 257 g/mol. The van der Waals surface area contributed by atoms with E-state index in [2.05, 4.69) is 0 Å². The lowest BCUT2D eigenvalue weighted by molar-refractivity contribution is 0.302. The van der Waals surface area contributed by atoms with Crippen LogP contribution in [-0.4, -0.2) is 7.11 Å². The Morgan fingerprint density at radius 2 is 1.95 bits per heavy atom. The zero-order chi connectivity index (χ0) is 13.7. The lowest BCUT2D eigenvalue weighted by Gasteiger charge is -2.09. The summed E-state index contributed by atoms with van der Waals surface area (Å²) in [6.45, 7) is 0.133. The summed E-state index contributed by atoms with van der Waals surface area (Å²) in [6, 6.07) is 13.1. The first kappa shape index (κ1) is 12.9. The second-order valence-corrected chi connectivity index (χ2v) is 3.88. The highest BCUT2D eigenvalue weighted by atomic mass is 19.1. The summed E-state index contributed by atoms with van der Waals surface area (Å²) in [5.74, 6) is 0.896. The van der Waals surface area contributed by atoms with Crippen LogP contribution >= 0.6 is 0 Å². The van der Waals surface area contributed by atoms with E-state index in [1.165, 1.54) is 18.2 Å². The lowest BCUT2D eigenvalue weighted by Crippen LogP contribution is -1.99. The average Bonchev–Trinajstić information content (AvgIpc) is 2.45.